The van der Waals surface area contributed by atoms with Crippen molar-refractivity contribution in [2.75, 3.05) is 20.1 Å². The molecule has 6 nitrogen and oxygen atoms in total. The molecule has 3 N–H and O–H groups in total. The number of nitrogens with two attached hydrogens (primary N) is 1. The van der Waals surface area contributed by atoms with E-state index in [9.17, 15) is 26.4 Å². The standard InChI is InChI=1S/C16H24F3N3O3S/c1-11(2)14(20)8-9-22(3)26(24,25)13-6-4-12(5-7-13)15(23)21-10-16(17,18)19/h4-7,11,14H,8-10,20H2,1-3H3,(H,21,23). The molecule has 0 saturated heterocycles. The Morgan fingerprint density at radius 2 is 1.77 bits per heavy atom. The van der Waals surface area contributed by atoms with Gasteiger partial charge in [-0.05, 0) is 36.6 Å². The molecule has 10 heteroatoms. The van der Waals surface area contributed by atoms with Crippen molar-refractivity contribution in [2.24, 2.45) is 11.7 Å². The fourth-order valence-electron chi connectivity index (χ4n) is 2.03. The lowest BCUT2D eigenvalue weighted by Gasteiger charge is -2.21. The predicted octanol–water partition coefficient (Wildman–Crippen LogP) is 1.97. The number of benzene rings is 1. The number of nitrogens with one attached hydrogen (secondary N) is 1. The summed E-state index contributed by atoms with van der Waals surface area (Å²) in [7, 11) is -2.35. The van der Waals surface area contributed by atoms with E-state index in [1.807, 2.05) is 13.8 Å². The first-order valence-corrected chi connectivity index (χ1v) is 9.45. The number of nitrogens with zero attached hydrogens (tertiary/aromatic N) is 1. The molecule has 0 aromatic heterocycles. The molecule has 1 aromatic carbocycles. The van der Waals surface area contributed by atoms with Crippen LogP contribution in [0, 0.1) is 5.92 Å². The molecular weight excluding hydrogens is 371 g/mol. The van der Waals surface area contributed by atoms with Crippen LogP contribution in [-0.4, -0.2) is 51.0 Å². The lowest BCUT2D eigenvalue weighted by Crippen LogP contribution is -2.35. The van der Waals surface area contributed by atoms with Crippen LogP contribution >= 0.6 is 0 Å². The first-order valence-electron chi connectivity index (χ1n) is 8.01. The van der Waals surface area contributed by atoms with Crippen LogP contribution in [0.15, 0.2) is 29.2 Å². The first kappa shape index (κ1) is 22.4. The SMILES string of the molecule is CC(C)C(N)CCN(C)S(=O)(=O)c1ccc(C(=O)NCC(F)(F)F)cc1. The van der Waals surface area contributed by atoms with Gasteiger partial charge in [-0.1, -0.05) is 13.8 Å². The van der Waals surface area contributed by atoms with Crippen LogP contribution in [-0.2, 0) is 10.0 Å². The lowest BCUT2D eigenvalue weighted by atomic mass is 10.0. The second-order valence-corrected chi connectivity index (χ2v) is 8.39. The lowest BCUT2D eigenvalue weighted by molar-refractivity contribution is -0.123. The van der Waals surface area contributed by atoms with Crippen molar-refractivity contribution >= 4 is 15.9 Å². The Bertz CT molecular complexity index is 704. The van der Waals surface area contributed by atoms with Crippen molar-refractivity contribution in [3.8, 4) is 0 Å². The van der Waals surface area contributed by atoms with Gasteiger partial charge in [-0.3, -0.25) is 4.79 Å². The molecule has 0 bridgehead atoms. The zero-order valence-corrected chi connectivity index (χ0v) is 15.7. The van der Waals surface area contributed by atoms with Gasteiger partial charge in [0.2, 0.25) is 10.0 Å². The summed E-state index contributed by atoms with van der Waals surface area (Å²) >= 11 is 0. The number of hydrogen-bond donors (Lipinski definition) is 2. The summed E-state index contributed by atoms with van der Waals surface area (Å²) in [5.74, 6) is -0.705. The van der Waals surface area contributed by atoms with Crippen LogP contribution in [0.3, 0.4) is 0 Å². The molecule has 0 heterocycles. The van der Waals surface area contributed by atoms with Crippen molar-refractivity contribution in [1.29, 1.82) is 0 Å². The molecule has 1 rings (SSSR count). The van der Waals surface area contributed by atoms with Crippen molar-refractivity contribution in [2.45, 2.75) is 37.4 Å². The van der Waals surface area contributed by atoms with Gasteiger partial charge in [-0.2, -0.15) is 13.2 Å². The Balaban J connectivity index is 2.78. The van der Waals surface area contributed by atoms with E-state index < -0.39 is 28.7 Å². The molecule has 0 aliphatic heterocycles. The second kappa shape index (κ2) is 8.83. The maximum atomic E-state index is 12.5. The highest BCUT2D eigenvalue weighted by Gasteiger charge is 2.28. The number of hydrogen-bond acceptors (Lipinski definition) is 4. The molecule has 1 amide bonds. The normalized spacial score (nSPS) is 13.9. The van der Waals surface area contributed by atoms with Crippen molar-refractivity contribution in [3.63, 3.8) is 0 Å². The van der Waals surface area contributed by atoms with Crippen molar-refractivity contribution < 1.29 is 26.4 Å². The quantitative estimate of drug-likeness (QED) is 0.704. The molecule has 0 aliphatic rings. The van der Waals surface area contributed by atoms with Gasteiger partial charge >= 0.3 is 6.18 Å². The van der Waals surface area contributed by atoms with Crippen molar-refractivity contribution in [1.82, 2.24) is 9.62 Å². The molecule has 0 aliphatic carbocycles. The van der Waals surface area contributed by atoms with Crippen LogP contribution in [0.2, 0.25) is 0 Å². The highest BCUT2D eigenvalue weighted by molar-refractivity contribution is 7.89. The van der Waals surface area contributed by atoms with E-state index in [4.69, 9.17) is 5.73 Å². The smallest absolute Gasteiger partial charge is 0.343 e. The molecular formula is C16H24F3N3O3S. The van der Waals surface area contributed by atoms with Gasteiger partial charge in [0.25, 0.3) is 5.91 Å². The Kier molecular flexibility index (Phi) is 7.60. The van der Waals surface area contributed by atoms with Gasteiger partial charge in [0.1, 0.15) is 6.54 Å². The molecule has 0 spiro atoms. The molecule has 1 aromatic rings. The van der Waals surface area contributed by atoms with Crippen LogP contribution in [0.1, 0.15) is 30.6 Å². The predicted molar refractivity (Wildman–Crippen MR) is 92.1 cm³/mol. The summed E-state index contributed by atoms with van der Waals surface area (Å²) in [6, 6.07) is 4.60. The maximum Gasteiger partial charge on any atom is 0.405 e. The van der Waals surface area contributed by atoms with E-state index in [2.05, 4.69) is 0 Å². The van der Waals surface area contributed by atoms with E-state index in [0.29, 0.717) is 6.42 Å². The average molecular weight is 395 g/mol. The van der Waals surface area contributed by atoms with E-state index in [1.165, 1.54) is 31.3 Å². The summed E-state index contributed by atoms with van der Waals surface area (Å²) in [6.45, 7) is 2.67. The Hall–Kier alpha value is -1.65. The van der Waals surface area contributed by atoms with Gasteiger partial charge in [0.05, 0.1) is 4.90 Å². The van der Waals surface area contributed by atoms with Crippen LogP contribution in [0.5, 0.6) is 0 Å². The van der Waals surface area contributed by atoms with E-state index in [-0.39, 0.29) is 29.0 Å². The van der Waals surface area contributed by atoms with Crippen LogP contribution in [0.4, 0.5) is 13.2 Å². The number of amides is 1. The monoisotopic (exact) mass is 395 g/mol. The molecule has 0 radical (unpaired) electrons. The van der Waals surface area contributed by atoms with Crippen LogP contribution in [0.25, 0.3) is 0 Å². The van der Waals surface area contributed by atoms with Gasteiger partial charge in [0.15, 0.2) is 0 Å². The number of alkyl halides is 3. The van der Waals surface area contributed by atoms with Gasteiger partial charge in [-0.15, -0.1) is 0 Å². The van der Waals surface area contributed by atoms with E-state index >= 15 is 0 Å². The molecule has 0 fully saturated rings. The fourth-order valence-corrected chi connectivity index (χ4v) is 3.21. The molecule has 1 atom stereocenters. The minimum Gasteiger partial charge on any atom is -0.343 e. The van der Waals surface area contributed by atoms with Gasteiger partial charge < -0.3 is 11.1 Å². The van der Waals surface area contributed by atoms with Crippen LogP contribution < -0.4 is 11.1 Å². The number of carbonyl (C=O) groups is 1. The number of carbonyl (C=O) groups excluding carboxylic acids is 1. The number of rotatable bonds is 8. The summed E-state index contributed by atoms with van der Waals surface area (Å²) in [4.78, 5) is 11.6. The highest BCUT2D eigenvalue weighted by atomic mass is 32.2. The summed E-state index contributed by atoms with van der Waals surface area (Å²) in [6.07, 6.45) is -4.02. The third-order valence-electron chi connectivity index (χ3n) is 3.91. The summed E-state index contributed by atoms with van der Waals surface area (Å²) in [5.41, 5.74) is 5.86. The van der Waals surface area contributed by atoms with E-state index in [0.717, 1.165) is 4.31 Å². The highest BCUT2D eigenvalue weighted by Crippen LogP contribution is 2.17. The van der Waals surface area contributed by atoms with E-state index in [1.54, 1.807) is 5.32 Å². The minimum absolute atomic E-state index is 0.0505. The number of sulfonamides is 1. The zero-order valence-electron chi connectivity index (χ0n) is 14.9. The first-order chi connectivity index (χ1) is 11.8. The Morgan fingerprint density at radius 3 is 2.23 bits per heavy atom. The third kappa shape index (κ3) is 6.58. The fraction of sp³-hybridized carbons (Fsp3) is 0.562. The third-order valence-corrected chi connectivity index (χ3v) is 5.78. The molecule has 1 unspecified atom stereocenters. The summed E-state index contributed by atoms with van der Waals surface area (Å²) < 4.78 is 62.5. The number of halogens is 3. The zero-order chi connectivity index (χ0) is 20.1. The second-order valence-electron chi connectivity index (χ2n) is 6.35. The largest absolute Gasteiger partial charge is 0.405 e. The minimum atomic E-state index is -4.52. The van der Waals surface area contributed by atoms with Gasteiger partial charge in [-0.25, -0.2) is 12.7 Å². The average Bonchev–Trinajstić information content (AvgIpc) is 2.56. The molecule has 0 saturated carbocycles. The van der Waals surface area contributed by atoms with Gasteiger partial charge in [0, 0.05) is 25.2 Å². The molecule has 26 heavy (non-hydrogen) atoms. The Labute approximate surface area is 151 Å². The maximum absolute atomic E-state index is 12.5. The summed E-state index contributed by atoms with van der Waals surface area (Å²) in [5, 5.41) is 1.73. The molecule has 148 valence electrons. The topological polar surface area (TPSA) is 92.5 Å². The Morgan fingerprint density at radius 1 is 1.23 bits per heavy atom. The van der Waals surface area contributed by atoms with Crippen molar-refractivity contribution in [3.05, 3.63) is 29.8 Å².